The Bertz CT molecular complexity index is 743. The molecule has 0 aliphatic carbocycles. The number of quaternary nitrogens is 1. The highest BCUT2D eigenvalue weighted by atomic mass is 35.5. The molecular formula is C16H19ClF3N4OS2+. The number of thioether (sulfide) groups is 1. The van der Waals surface area contributed by atoms with E-state index in [4.69, 9.17) is 11.6 Å². The highest BCUT2D eigenvalue weighted by molar-refractivity contribution is 7.99. The third kappa shape index (κ3) is 7.36. The van der Waals surface area contributed by atoms with E-state index in [2.05, 4.69) is 10.1 Å². The Morgan fingerprint density at radius 3 is 2.78 bits per heavy atom. The first-order valence-corrected chi connectivity index (χ1v) is 10.8. The van der Waals surface area contributed by atoms with Gasteiger partial charge in [-0.2, -0.15) is 34.3 Å². The lowest BCUT2D eigenvalue weighted by Gasteiger charge is -2.11. The van der Waals surface area contributed by atoms with Crippen LogP contribution in [0.1, 0.15) is 18.4 Å². The predicted octanol–water partition coefficient (Wildman–Crippen LogP) is 3.38. The van der Waals surface area contributed by atoms with Gasteiger partial charge in [0.25, 0.3) is 0 Å². The second-order valence-electron chi connectivity index (χ2n) is 5.58. The van der Waals surface area contributed by atoms with Gasteiger partial charge in [-0.1, -0.05) is 17.7 Å². The van der Waals surface area contributed by atoms with E-state index in [-0.39, 0.29) is 23.2 Å². The smallest absolute Gasteiger partial charge is 0.264 e. The lowest BCUT2D eigenvalue weighted by atomic mass is 10.3. The van der Waals surface area contributed by atoms with Crippen LogP contribution in [0.25, 0.3) is 0 Å². The number of rotatable bonds is 9. The fraction of sp³-hybridized carbons (Fsp3) is 0.438. The second-order valence-corrected chi connectivity index (χ2v) is 7.98. The number of pyridine rings is 1. The molecular weight excluding hydrogens is 421 g/mol. The number of amides is 1. The highest BCUT2D eigenvalue weighted by Crippen LogP contribution is 2.22. The molecule has 0 aromatic carbocycles. The molecule has 0 aliphatic rings. The quantitative estimate of drug-likeness (QED) is 0.479. The molecule has 0 fully saturated rings. The van der Waals surface area contributed by atoms with Crippen LogP contribution in [0.4, 0.5) is 18.9 Å². The van der Waals surface area contributed by atoms with Crippen molar-refractivity contribution in [1.29, 1.82) is 0 Å². The van der Waals surface area contributed by atoms with Gasteiger partial charge in [0.15, 0.2) is 0 Å². The van der Waals surface area contributed by atoms with Crippen LogP contribution < -0.4 is 4.31 Å². The molecule has 0 saturated heterocycles. The van der Waals surface area contributed by atoms with Crippen molar-refractivity contribution in [2.45, 2.75) is 25.6 Å². The maximum absolute atomic E-state index is 12.5. The first-order valence-electron chi connectivity index (χ1n) is 8.01. The molecule has 0 radical (unpaired) electrons. The Morgan fingerprint density at radius 1 is 1.37 bits per heavy atom. The van der Waals surface area contributed by atoms with Crippen molar-refractivity contribution in [2.24, 2.45) is 0 Å². The number of hydrogen-bond donors (Lipinski definition) is 1. The topological polar surface area (TPSA) is 52.2 Å². The summed E-state index contributed by atoms with van der Waals surface area (Å²) in [6, 6.07) is 3.73. The molecule has 2 aromatic heterocycles. The van der Waals surface area contributed by atoms with Gasteiger partial charge in [-0.15, -0.1) is 0 Å². The standard InChI is InChI=1S/C16H18ClF3N4OS2/c1-26-24(14(25)4-7-27-8-5-16(18,19)20)13-11-23(22-15(13)17)10-12-3-2-6-21-9-12/h2-3,6,9,11H,4-5,7-8,10H2,1H3/p+1. The Morgan fingerprint density at radius 2 is 2.15 bits per heavy atom. The number of carbonyl (C=O) groups excluding carboxylic acids is 1. The lowest BCUT2D eigenvalue weighted by molar-refractivity contribution is -0.587. The van der Waals surface area contributed by atoms with Crippen molar-refractivity contribution in [2.75, 3.05) is 17.8 Å². The van der Waals surface area contributed by atoms with Crippen LogP contribution in [0, 0.1) is 0 Å². The molecule has 0 bridgehead atoms. The van der Waals surface area contributed by atoms with Crippen LogP contribution >= 0.6 is 35.3 Å². The van der Waals surface area contributed by atoms with Gasteiger partial charge in [0, 0.05) is 30.2 Å². The first kappa shape index (κ1) is 22.1. The van der Waals surface area contributed by atoms with E-state index < -0.39 is 12.6 Å². The summed E-state index contributed by atoms with van der Waals surface area (Å²) in [5.74, 6) is 0.139. The zero-order valence-corrected chi connectivity index (χ0v) is 16.9. The second kappa shape index (κ2) is 10.4. The molecule has 0 spiro atoms. The molecule has 1 unspecified atom stereocenters. The number of halogens is 4. The largest absolute Gasteiger partial charge is 0.389 e. The normalized spacial score (nSPS) is 12.9. The number of nitrogens with one attached hydrogen (secondary N) is 1. The molecule has 0 saturated carbocycles. The Balaban J connectivity index is 1.93. The molecule has 11 heteroatoms. The maximum Gasteiger partial charge on any atom is 0.389 e. The van der Waals surface area contributed by atoms with Gasteiger partial charge in [-0.05, 0) is 11.6 Å². The van der Waals surface area contributed by atoms with Crippen LogP contribution in [0.3, 0.4) is 0 Å². The summed E-state index contributed by atoms with van der Waals surface area (Å²) >= 11 is 8.58. The zero-order chi connectivity index (χ0) is 19.9. The van der Waals surface area contributed by atoms with Crippen molar-refractivity contribution in [1.82, 2.24) is 14.8 Å². The Labute approximate surface area is 168 Å². The molecule has 1 atom stereocenters. The summed E-state index contributed by atoms with van der Waals surface area (Å²) < 4.78 is 38.5. The molecule has 1 N–H and O–H groups in total. The van der Waals surface area contributed by atoms with E-state index >= 15 is 0 Å². The molecule has 148 valence electrons. The van der Waals surface area contributed by atoms with Crippen LogP contribution in [0.5, 0.6) is 0 Å². The Kier molecular flexibility index (Phi) is 8.46. The monoisotopic (exact) mass is 439 g/mol. The van der Waals surface area contributed by atoms with Gasteiger partial charge in [-0.25, -0.2) is 4.79 Å². The van der Waals surface area contributed by atoms with Crippen LogP contribution in [-0.2, 0) is 11.3 Å². The van der Waals surface area contributed by atoms with E-state index in [9.17, 15) is 18.0 Å². The number of hydrogen-bond acceptors (Lipinski definition) is 5. The molecule has 0 aliphatic heterocycles. The molecule has 2 heterocycles. The summed E-state index contributed by atoms with van der Waals surface area (Å²) in [7, 11) is 0. The van der Waals surface area contributed by atoms with E-state index in [0.29, 0.717) is 22.3 Å². The minimum Gasteiger partial charge on any atom is -0.264 e. The van der Waals surface area contributed by atoms with Crippen molar-refractivity contribution in [3.05, 3.63) is 41.4 Å². The molecule has 2 rings (SSSR count). The first-order chi connectivity index (χ1) is 12.8. The van der Waals surface area contributed by atoms with Crippen LogP contribution in [0.2, 0.25) is 5.15 Å². The molecule has 1 amide bonds. The van der Waals surface area contributed by atoms with Crippen molar-refractivity contribution >= 4 is 46.9 Å². The summed E-state index contributed by atoms with van der Waals surface area (Å²) in [5.41, 5.74) is 1.49. The summed E-state index contributed by atoms with van der Waals surface area (Å²) in [6.45, 7) is 0.469. The van der Waals surface area contributed by atoms with E-state index in [1.165, 1.54) is 11.9 Å². The minimum absolute atomic E-state index is 0.0464. The fourth-order valence-electron chi connectivity index (χ4n) is 2.25. The van der Waals surface area contributed by atoms with Gasteiger partial charge in [0.05, 0.1) is 37.5 Å². The third-order valence-corrected chi connectivity index (χ3v) is 5.61. The van der Waals surface area contributed by atoms with Crippen LogP contribution in [0.15, 0.2) is 30.7 Å². The average Bonchev–Trinajstić information content (AvgIpc) is 2.95. The van der Waals surface area contributed by atoms with Crippen molar-refractivity contribution in [3.8, 4) is 0 Å². The summed E-state index contributed by atoms with van der Waals surface area (Å²) in [5, 5.41) is 4.46. The van der Waals surface area contributed by atoms with Gasteiger partial charge in [0.2, 0.25) is 10.8 Å². The van der Waals surface area contributed by atoms with Gasteiger partial charge < -0.3 is 0 Å². The van der Waals surface area contributed by atoms with Gasteiger partial charge in [-0.3, -0.25) is 9.67 Å². The molecule has 27 heavy (non-hydrogen) atoms. The van der Waals surface area contributed by atoms with Crippen molar-refractivity contribution in [3.63, 3.8) is 0 Å². The van der Waals surface area contributed by atoms with Gasteiger partial charge >= 0.3 is 12.1 Å². The highest BCUT2D eigenvalue weighted by Gasteiger charge is 2.28. The Hall–Kier alpha value is -1.23. The van der Waals surface area contributed by atoms with Gasteiger partial charge in [0.1, 0.15) is 0 Å². The molecule has 2 aromatic rings. The van der Waals surface area contributed by atoms with Crippen LogP contribution in [-0.4, -0.2) is 44.6 Å². The van der Waals surface area contributed by atoms with E-state index in [0.717, 1.165) is 17.3 Å². The third-order valence-electron chi connectivity index (χ3n) is 3.49. The average molecular weight is 440 g/mol. The number of nitrogens with zero attached hydrogens (tertiary/aromatic N) is 3. The summed E-state index contributed by atoms with van der Waals surface area (Å²) in [6.07, 6.45) is 2.01. The molecule has 5 nitrogen and oxygen atoms in total. The predicted molar refractivity (Wildman–Crippen MR) is 102 cm³/mol. The summed E-state index contributed by atoms with van der Waals surface area (Å²) in [4.78, 5) is 16.5. The van der Waals surface area contributed by atoms with E-state index in [1.54, 1.807) is 29.5 Å². The van der Waals surface area contributed by atoms with Crippen molar-refractivity contribution < 1.29 is 22.3 Å². The number of alkyl halides is 3. The minimum atomic E-state index is -4.16. The lowest BCUT2D eigenvalue weighted by Crippen LogP contribution is -3.03. The van der Waals surface area contributed by atoms with E-state index in [1.807, 2.05) is 12.1 Å². The number of carbonyl (C=O) groups is 1. The SMILES string of the molecule is CS[NH+](C(=O)CCSCCC(F)(F)F)c1cn(Cc2cccnc2)nc1Cl. The fourth-order valence-corrected chi connectivity index (χ4v) is 4.16. The maximum atomic E-state index is 12.5. The zero-order valence-electron chi connectivity index (χ0n) is 14.5. The number of aromatic nitrogens is 3.